The molecular weight excluding hydrogens is 276 g/mol. The van der Waals surface area contributed by atoms with Gasteiger partial charge in [-0.25, -0.2) is 4.79 Å². The molecule has 0 radical (unpaired) electrons. The van der Waals surface area contributed by atoms with Gasteiger partial charge in [0.2, 0.25) is 0 Å². The molecule has 2 amide bonds. The van der Waals surface area contributed by atoms with Crippen molar-refractivity contribution in [2.75, 3.05) is 31.6 Å². The Labute approximate surface area is 124 Å². The van der Waals surface area contributed by atoms with Crippen LogP contribution in [0.5, 0.6) is 0 Å². The van der Waals surface area contributed by atoms with Crippen LogP contribution >= 0.6 is 11.8 Å². The highest BCUT2D eigenvalue weighted by molar-refractivity contribution is 7.99. The van der Waals surface area contributed by atoms with Gasteiger partial charge in [0.25, 0.3) is 0 Å². The Bertz CT molecular complexity index is 358. The van der Waals surface area contributed by atoms with Gasteiger partial charge in [0.05, 0.1) is 0 Å². The van der Waals surface area contributed by atoms with E-state index in [0.717, 1.165) is 43.9 Å². The van der Waals surface area contributed by atoms with Crippen molar-refractivity contribution in [3.8, 4) is 0 Å². The molecule has 114 valence electrons. The number of piperidine rings is 1. The van der Waals surface area contributed by atoms with Crippen LogP contribution in [0.2, 0.25) is 0 Å². The molecule has 2 aliphatic rings. The first-order chi connectivity index (χ1) is 9.58. The van der Waals surface area contributed by atoms with Crippen molar-refractivity contribution in [3.63, 3.8) is 0 Å². The summed E-state index contributed by atoms with van der Waals surface area (Å²) < 4.78 is 0. The summed E-state index contributed by atoms with van der Waals surface area (Å²) in [6, 6.07) is 0.490. The van der Waals surface area contributed by atoms with Crippen LogP contribution in [0.25, 0.3) is 0 Å². The van der Waals surface area contributed by atoms with Crippen LogP contribution in [0.1, 0.15) is 32.1 Å². The van der Waals surface area contributed by atoms with Gasteiger partial charge in [-0.2, -0.15) is 11.8 Å². The summed E-state index contributed by atoms with van der Waals surface area (Å²) in [6.45, 7) is 1.53. The van der Waals surface area contributed by atoms with Crippen LogP contribution in [0.3, 0.4) is 0 Å². The fourth-order valence-corrected chi connectivity index (χ4v) is 4.28. The van der Waals surface area contributed by atoms with Crippen molar-refractivity contribution >= 4 is 23.8 Å². The monoisotopic (exact) mass is 300 g/mol. The van der Waals surface area contributed by atoms with E-state index in [1.54, 1.807) is 0 Å². The van der Waals surface area contributed by atoms with Crippen molar-refractivity contribution in [2.45, 2.75) is 38.1 Å². The number of likely N-dealkylation sites (tertiary alicyclic amines) is 1. The van der Waals surface area contributed by atoms with Crippen molar-refractivity contribution < 1.29 is 14.7 Å². The van der Waals surface area contributed by atoms with Crippen LogP contribution in [-0.2, 0) is 4.79 Å². The molecule has 5 nitrogen and oxygen atoms in total. The van der Waals surface area contributed by atoms with Crippen LogP contribution < -0.4 is 0 Å². The lowest BCUT2D eigenvalue weighted by Crippen LogP contribution is -2.49. The highest BCUT2D eigenvalue weighted by Crippen LogP contribution is 2.25. The second-order valence-corrected chi connectivity index (χ2v) is 6.95. The Kier molecular flexibility index (Phi) is 5.57. The number of aliphatic carboxylic acids is 1. The number of carbonyl (C=O) groups excluding carboxylic acids is 1. The smallest absolute Gasteiger partial charge is 0.320 e. The minimum atomic E-state index is -0.742. The van der Waals surface area contributed by atoms with Gasteiger partial charge >= 0.3 is 12.0 Å². The molecular formula is C14H24N2O3S. The predicted molar refractivity (Wildman–Crippen MR) is 80.1 cm³/mol. The Balaban J connectivity index is 1.84. The molecule has 2 fully saturated rings. The number of urea groups is 1. The van der Waals surface area contributed by atoms with E-state index in [0.29, 0.717) is 18.4 Å². The van der Waals surface area contributed by atoms with Gasteiger partial charge in [0, 0.05) is 38.4 Å². The third-order valence-corrected chi connectivity index (χ3v) is 5.46. The molecule has 6 heteroatoms. The van der Waals surface area contributed by atoms with Crippen molar-refractivity contribution in [3.05, 3.63) is 0 Å². The average Bonchev–Trinajstić information content (AvgIpc) is 2.98. The highest BCUT2D eigenvalue weighted by atomic mass is 32.2. The minimum absolute atomic E-state index is 0.123. The lowest BCUT2D eigenvalue weighted by molar-refractivity contribution is -0.137. The van der Waals surface area contributed by atoms with Gasteiger partial charge in [0.15, 0.2) is 0 Å². The van der Waals surface area contributed by atoms with Gasteiger partial charge in [-0.3, -0.25) is 4.79 Å². The maximum atomic E-state index is 12.5. The van der Waals surface area contributed by atoms with Crippen LogP contribution in [-0.4, -0.2) is 64.6 Å². The van der Waals surface area contributed by atoms with Crippen molar-refractivity contribution in [1.82, 2.24) is 9.80 Å². The molecule has 0 saturated carbocycles. The van der Waals surface area contributed by atoms with Gasteiger partial charge in [-0.1, -0.05) is 0 Å². The van der Waals surface area contributed by atoms with E-state index in [4.69, 9.17) is 5.11 Å². The van der Waals surface area contributed by atoms with E-state index < -0.39 is 5.97 Å². The molecule has 20 heavy (non-hydrogen) atoms. The van der Waals surface area contributed by atoms with Gasteiger partial charge in [0.1, 0.15) is 0 Å². The zero-order chi connectivity index (χ0) is 14.5. The summed E-state index contributed by atoms with van der Waals surface area (Å²) in [5, 5.41) is 8.76. The van der Waals surface area contributed by atoms with Crippen molar-refractivity contribution in [1.29, 1.82) is 0 Å². The van der Waals surface area contributed by atoms with Crippen molar-refractivity contribution in [2.24, 2.45) is 5.92 Å². The minimum Gasteiger partial charge on any atom is -0.481 e. The molecule has 2 atom stereocenters. The van der Waals surface area contributed by atoms with Gasteiger partial charge in [-0.15, -0.1) is 0 Å². The zero-order valence-corrected chi connectivity index (χ0v) is 12.9. The molecule has 0 aromatic carbocycles. The molecule has 2 aliphatic heterocycles. The summed E-state index contributed by atoms with van der Waals surface area (Å²) in [5.41, 5.74) is 0. The molecule has 1 N–H and O–H groups in total. The fraction of sp³-hybridized carbons (Fsp3) is 0.857. The zero-order valence-electron chi connectivity index (χ0n) is 12.1. The Morgan fingerprint density at radius 1 is 1.40 bits per heavy atom. The topological polar surface area (TPSA) is 60.9 Å². The van der Waals surface area contributed by atoms with Crippen LogP contribution in [0.15, 0.2) is 0 Å². The third-order valence-electron chi connectivity index (χ3n) is 4.31. The standard InChI is InChI=1S/C14H24N2O3S/c1-15(12-6-8-20-10-12)14(19)16-7-2-3-11(9-16)4-5-13(17)18/h11-12H,2-10H2,1H3,(H,17,18). The van der Waals surface area contributed by atoms with E-state index >= 15 is 0 Å². The average molecular weight is 300 g/mol. The number of amides is 2. The van der Waals surface area contributed by atoms with E-state index in [1.807, 2.05) is 28.6 Å². The molecule has 0 spiro atoms. The van der Waals surface area contributed by atoms with E-state index in [-0.39, 0.29) is 12.5 Å². The number of carbonyl (C=O) groups is 2. The number of hydrogen-bond donors (Lipinski definition) is 1. The number of carboxylic acid groups (broad SMARTS) is 1. The summed E-state index contributed by atoms with van der Waals surface area (Å²) in [7, 11) is 1.90. The number of nitrogens with zero attached hydrogens (tertiary/aromatic N) is 2. The summed E-state index contributed by atoms with van der Waals surface area (Å²) in [5.74, 6) is 1.78. The largest absolute Gasteiger partial charge is 0.481 e. The Hall–Kier alpha value is -0.910. The van der Waals surface area contributed by atoms with Gasteiger partial charge < -0.3 is 14.9 Å². The van der Waals surface area contributed by atoms with Gasteiger partial charge in [-0.05, 0) is 37.4 Å². The number of hydrogen-bond acceptors (Lipinski definition) is 3. The lowest BCUT2D eigenvalue weighted by atomic mass is 9.93. The first-order valence-electron chi connectivity index (χ1n) is 7.39. The third kappa shape index (κ3) is 4.04. The SMILES string of the molecule is CN(C(=O)N1CCCC(CCC(=O)O)C1)C1CCSC1. The number of thioether (sulfide) groups is 1. The summed E-state index contributed by atoms with van der Waals surface area (Å²) >= 11 is 1.91. The maximum absolute atomic E-state index is 12.5. The second kappa shape index (κ2) is 7.20. The molecule has 2 saturated heterocycles. The summed E-state index contributed by atoms with van der Waals surface area (Å²) in [6.07, 6.45) is 4.01. The fourth-order valence-electron chi connectivity index (χ4n) is 3.01. The lowest BCUT2D eigenvalue weighted by Gasteiger charge is -2.37. The number of carboxylic acids is 1. The molecule has 0 aromatic rings. The van der Waals surface area contributed by atoms with E-state index in [1.165, 1.54) is 0 Å². The maximum Gasteiger partial charge on any atom is 0.320 e. The molecule has 2 unspecified atom stereocenters. The quantitative estimate of drug-likeness (QED) is 0.864. The highest BCUT2D eigenvalue weighted by Gasteiger charge is 2.30. The van der Waals surface area contributed by atoms with E-state index in [9.17, 15) is 9.59 Å². The molecule has 0 aromatic heterocycles. The first-order valence-corrected chi connectivity index (χ1v) is 8.54. The number of rotatable bonds is 4. The predicted octanol–water partition coefficient (Wildman–Crippen LogP) is 2.12. The Morgan fingerprint density at radius 2 is 2.20 bits per heavy atom. The Morgan fingerprint density at radius 3 is 2.85 bits per heavy atom. The van der Waals surface area contributed by atoms with E-state index in [2.05, 4.69) is 0 Å². The second-order valence-electron chi connectivity index (χ2n) is 5.80. The first kappa shape index (κ1) is 15.5. The van der Waals surface area contributed by atoms with Crippen LogP contribution in [0.4, 0.5) is 4.79 Å². The molecule has 0 bridgehead atoms. The molecule has 2 heterocycles. The van der Waals surface area contributed by atoms with Crippen LogP contribution in [0, 0.1) is 5.92 Å². The molecule has 2 rings (SSSR count). The summed E-state index contributed by atoms with van der Waals surface area (Å²) in [4.78, 5) is 26.9. The molecule has 0 aliphatic carbocycles. The normalized spacial score (nSPS) is 26.6.